The molecule has 1 aliphatic rings. The third-order valence-electron chi connectivity index (χ3n) is 4.49. The van der Waals surface area contributed by atoms with Crippen molar-refractivity contribution in [3.63, 3.8) is 0 Å². The molecule has 0 aromatic carbocycles. The van der Waals surface area contributed by atoms with E-state index in [1.54, 1.807) is 23.4 Å². The SMILES string of the molecule is O=C1[C@H](Cc2ccc(F)nc2)CCCN1c1n[nH]c(-c2ccncc2)n1. The van der Waals surface area contributed by atoms with Crippen LogP contribution in [0.3, 0.4) is 0 Å². The molecule has 8 heteroatoms. The van der Waals surface area contributed by atoms with E-state index in [2.05, 4.69) is 25.1 Å². The number of nitrogens with zero attached hydrogens (tertiary/aromatic N) is 5. The molecule has 3 aromatic heterocycles. The van der Waals surface area contributed by atoms with Gasteiger partial charge in [0.15, 0.2) is 5.82 Å². The van der Waals surface area contributed by atoms with Gasteiger partial charge in [0.05, 0.1) is 0 Å². The lowest BCUT2D eigenvalue weighted by molar-refractivity contribution is -0.123. The number of aromatic amines is 1. The molecule has 1 N–H and O–H groups in total. The Balaban J connectivity index is 1.51. The van der Waals surface area contributed by atoms with Gasteiger partial charge in [-0.25, -0.2) is 4.98 Å². The minimum absolute atomic E-state index is 0.0131. The number of hydrogen-bond acceptors (Lipinski definition) is 5. The van der Waals surface area contributed by atoms with Crippen LogP contribution in [-0.4, -0.2) is 37.6 Å². The summed E-state index contributed by atoms with van der Waals surface area (Å²) in [6.45, 7) is 0.588. The molecule has 4 rings (SSSR count). The predicted molar refractivity (Wildman–Crippen MR) is 92.6 cm³/mol. The molecule has 0 saturated carbocycles. The molecule has 1 atom stereocenters. The van der Waals surface area contributed by atoms with Gasteiger partial charge in [0.25, 0.3) is 5.95 Å². The Morgan fingerprint density at radius 2 is 2.08 bits per heavy atom. The van der Waals surface area contributed by atoms with Gasteiger partial charge in [0.2, 0.25) is 11.9 Å². The van der Waals surface area contributed by atoms with Crippen molar-refractivity contribution in [3.05, 3.63) is 54.4 Å². The summed E-state index contributed by atoms with van der Waals surface area (Å²) in [5, 5.41) is 7.08. The first-order chi connectivity index (χ1) is 12.7. The van der Waals surface area contributed by atoms with Gasteiger partial charge >= 0.3 is 0 Å². The van der Waals surface area contributed by atoms with Crippen LogP contribution in [0.15, 0.2) is 42.9 Å². The summed E-state index contributed by atoms with van der Waals surface area (Å²) in [4.78, 5) is 26.6. The maximum absolute atomic E-state index is 13.0. The van der Waals surface area contributed by atoms with Crippen LogP contribution < -0.4 is 4.90 Å². The minimum atomic E-state index is -0.519. The second kappa shape index (κ2) is 6.99. The van der Waals surface area contributed by atoms with Crippen molar-refractivity contribution in [1.82, 2.24) is 25.1 Å². The van der Waals surface area contributed by atoms with Crippen LogP contribution in [-0.2, 0) is 11.2 Å². The molecule has 132 valence electrons. The number of carbonyl (C=O) groups is 1. The molecular formula is C18H17FN6O. The summed E-state index contributed by atoms with van der Waals surface area (Å²) < 4.78 is 13.0. The summed E-state index contributed by atoms with van der Waals surface area (Å²) in [5.74, 6) is 0.262. The summed E-state index contributed by atoms with van der Waals surface area (Å²) >= 11 is 0. The molecule has 1 saturated heterocycles. The topological polar surface area (TPSA) is 87.7 Å². The van der Waals surface area contributed by atoms with E-state index >= 15 is 0 Å². The van der Waals surface area contributed by atoms with E-state index in [1.807, 2.05) is 12.1 Å². The second-order valence-corrected chi connectivity index (χ2v) is 6.24. The highest BCUT2D eigenvalue weighted by Gasteiger charge is 2.31. The number of nitrogens with one attached hydrogen (secondary N) is 1. The highest BCUT2D eigenvalue weighted by Crippen LogP contribution is 2.26. The van der Waals surface area contributed by atoms with E-state index in [-0.39, 0.29) is 11.8 Å². The van der Waals surface area contributed by atoms with Gasteiger partial charge in [0.1, 0.15) is 0 Å². The van der Waals surface area contributed by atoms with E-state index in [9.17, 15) is 9.18 Å². The molecule has 0 spiro atoms. The number of amides is 1. The van der Waals surface area contributed by atoms with Gasteiger partial charge in [-0.05, 0) is 43.0 Å². The van der Waals surface area contributed by atoms with Gasteiger partial charge in [0, 0.05) is 36.6 Å². The van der Waals surface area contributed by atoms with Crippen molar-refractivity contribution < 1.29 is 9.18 Å². The maximum Gasteiger partial charge on any atom is 0.251 e. The van der Waals surface area contributed by atoms with Crippen molar-refractivity contribution in [2.45, 2.75) is 19.3 Å². The first-order valence-corrected chi connectivity index (χ1v) is 8.45. The lowest BCUT2D eigenvalue weighted by atomic mass is 9.91. The molecular weight excluding hydrogens is 335 g/mol. The van der Waals surface area contributed by atoms with Gasteiger partial charge in [-0.15, -0.1) is 5.10 Å². The predicted octanol–water partition coefficient (Wildman–Crippen LogP) is 2.39. The number of anilines is 1. The van der Waals surface area contributed by atoms with Crippen molar-refractivity contribution in [1.29, 1.82) is 0 Å². The number of pyridine rings is 2. The summed E-state index contributed by atoms with van der Waals surface area (Å²) in [6, 6.07) is 6.64. The van der Waals surface area contributed by atoms with Crippen LogP contribution in [0.25, 0.3) is 11.4 Å². The van der Waals surface area contributed by atoms with Crippen LogP contribution >= 0.6 is 0 Å². The lowest BCUT2D eigenvalue weighted by Gasteiger charge is -2.29. The number of hydrogen-bond donors (Lipinski definition) is 1. The van der Waals surface area contributed by atoms with Gasteiger partial charge < -0.3 is 0 Å². The monoisotopic (exact) mass is 352 g/mol. The molecule has 1 aliphatic heterocycles. The maximum atomic E-state index is 13.0. The van der Waals surface area contributed by atoms with E-state index in [1.165, 1.54) is 12.3 Å². The minimum Gasteiger partial charge on any atom is -0.279 e. The average Bonchev–Trinajstić information content (AvgIpc) is 3.16. The Labute approximate surface area is 149 Å². The highest BCUT2D eigenvalue weighted by molar-refractivity contribution is 5.94. The number of halogens is 1. The van der Waals surface area contributed by atoms with Gasteiger partial charge in [-0.1, -0.05) is 6.07 Å². The Kier molecular flexibility index (Phi) is 4.39. The van der Waals surface area contributed by atoms with Crippen LogP contribution in [0.5, 0.6) is 0 Å². The van der Waals surface area contributed by atoms with Gasteiger partial charge in [-0.2, -0.15) is 9.37 Å². The largest absolute Gasteiger partial charge is 0.279 e. The Morgan fingerprint density at radius 3 is 2.85 bits per heavy atom. The number of rotatable bonds is 4. The fraction of sp³-hybridized carbons (Fsp3) is 0.278. The van der Waals surface area contributed by atoms with Crippen molar-refractivity contribution in [3.8, 4) is 11.4 Å². The molecule has 1 amide bonds. The van der Waals surface area contributed by atoms with Gasteiger partial charge in [-0.3, -0.25) is 19.8 Å². The van der Waals surface area contributed by atoms with Crippen molar-refractivity contribution in [2.24, 2.45) is 5.92 Å². The van der Waals surface area contributed by atoms with Crippen LogP contribution in [0.2, 0.25) is 0 Å². The van der Waals surface area contributed by atoms with Crippen LogP contribution in [0.4, 0.5) is 10.3 Å². The fourth-order valence-corrected chi connectivity index (χ4v) is 3.16. The molecule has 0 aliphatic carbocycles. The highest BCUT2D eigenvalue weighted by atomic mass is 19.1. The van der Waals surface area contributed by atoms with E-state index in [0.717, 1.165) is 24.0 Å². The lowest BCUT2D eigenvalue weighted by Crippen LogP contribution is -2.42. The number of H-pyrrole nitrogens is 1. The van der Waals surface area contributed by atoms with Crippen LogP contribution in [0, 0.1) is 11.9 Å². The Hall–Kier alpha value is -3.16. The summed E-state index contributed by atoms with van der Waals surface area (Å²) in [7, 11) is 0. The van der Waals surface area contributed by atoms with E-state index < -0.39 is 5.95 Å². The number of piperidine rings is 1. The third-order valence-corrected chi connectivity index (χ3v) is 4.49. The number of aromatic nitrogens is 5. The zero-order valence-corrected chi connectivity index (χ0v) is 14.0. The standard InChI is InChI=1S/C18H17FN6O/c19-15-4-3-12(11-21-15)10-14-2-1-9-25(17(14)26)18-22-16(23-24-18)13-5-7-20-8-6-13/h3-8,11,14H,1-2,9-10H2,(H,22,23,24)/t14-/m0/s1. The zero-order chi connectivity index (χ0) is 17.9. The quantitative estimate of drug-likeness (QED) is 0.729. The van der Waals surface area contributed by atoms with Crippen LogP contribution in [0.1, 0.15) is 18.4 Å². The molecule has 0 unspecified atom stereocenters. The molecule has 3 aromatic rings. The van der Waals surface area contributed by atoms with E-state index in [0.29, 0.717) is 24.7 Å². The first kappa shape index (κ1) is 16.3. The fourth-order valence-electron chi connectivity index (χ4n) is 3.16. The zero-order valence-electron chi connectivity index (χ0n) is 14.0. The Bertz CT molecular complexity index is 896. The molecule has 0 radical (unpaired) electrons. The molecule has 4 heterocycles. The summed E-state index contributed by atoms with van der Waals surface area (Å²) in [5.41, 5.74) is 1.70. The number of carbonyl (C=O) groups excluding carboxylic acids is 1. The second-order valence-electron chi connectivity index (χ2n) is 6.24. The molecule has 1 fully saturated rings. The first-order valence-electron chi connectivity index (χ1n) is 8.45. The third kappa shape index (κ3) is 3.30. The smallest absolute Gasteiger partial charge is 0.251 e. The van der Waals surface area contributed by atoms with Crippen molar-refractivity contribution in [2.75, 3.05) is 11.4 Å². The average molecular weight is 352 g/mol. The van der Waals surface area contributed by atoms with Crippen molar-refractivity contribution >= 4 is 11.9 Å². The summed E-state index contributed by atoms with van der Waals surface area (Å²) in [6.07, 6.45) is 7.02. The normalized spacial score (nSPS) is 17.5. The molecule has 0 bridgehead atoms. The van der Waals surface area contributed by atoms with E-state index in [4.69, 9.17) is 0 Å². The molecule has 7 nitrogen and oxygen atoms in total. The molecule has 26 heavy (non-hydrogen) atoms. The Morgan fingerprint density at radius 1 is 1.23 bits per heavy atom.